The molecule has 2 heterocycles. The van der Waals surface area contributed by atoms with E-state index in [9.17, 15) is 9.90 Å². The van der Waals surface area contributed by atoms with E-state index in [0.717, 1.165) is 16.9 Å². The summed E-state index contributed by atoms with van der Waals surface area (Å²) in [6, 6.07) is 3.88. The van der Waals surface area contributed by atoms with Crippen LogP contribution in [0.15, 0.2) is 18.3 Å². The number of fused-ring (bicyclic) bond motifs is 1. The normalized spacial score (nSPS) is 11.8. The second-order valence-electron chi connectivity index (χ2n) is 5.69. The van der Waals surface area contributed by atoms with Crippen molar-refractivity contribution in [3.05, 3.63) is 35.3 Å². The molecule has 0 bridgehead atoms. The van der Waals surface area contributed by atoms with Crippen LogP contribution >= 0.6 is 0 Å². The smallest absolute Gasteiger partial charge is 0.270 e. The molecule has 1 amide bonds. The van der Waals surface area contributed by atoms with Crippen molar-refractivity contribution in [3.8, 4) is 0 Å². The fourth-order valence-electron chi connectivity index (χ4n) is 2.09. The van der Waals surface area contributed by atoms with Gasteiger partial charge in [0.05, 0.1) is 17.8 Å². The lowest BCUT2D eigenvalue weighted by Gasteiger charge is -2.23. The molecular formula is C15H21N3O2. The first-order chi connectivity index (χ1) is 9.38. The molecule has 0 fully saturated rings. The van der Waals surface area contributed by atoms with Crippen molar-refractivity contribution in [2.24, 2.45) is 0 Å². The lowest BCUT2D eigenvalue weighted by atomic mass is 10.1. The first-order valence-electron chi connectivity index (χ1n) is 6.79. The molecule has 0 atom stereocenters. The maximum Gasteiger partial charge on any atom is 0.270 e. The summed E-state index contributed by atoms with van der Waals surface area (Å²) in [5.41, 5.74) is 2.48. The Hall–Kier alpha value is -1.88. The lowest BCUT2D eigenvalue weighted by molar-refractivity contribution is 0.0862. The molecule has 0 aliphatic rings. The van der Waals surface area contributed by atoms with Gasteiger partial charge in [-0.05, 0) is 38.8 Å². The van der Waals surface area contributed by atoms with Crippen LogP contribution in [0.3, 0.4) is 0 Å². The first-order valence-corrected chi connectivity index (χ1v) is 6.79. The van der Waals surface area contributed by atoms with E-state index in [-0.39, 0.29) is 12.5 Å². The molecule has 0 spiro atoms. The number of hydrogen-bond acceptors (Lipinski definition) is 3. The zero-order chi connectivity index (χ0) is 14.9. The summed E-state index contributed by atoms with van der Waals surface area (Å²) in [6.07, 6.45) is 2.59. The molecule has 0 radical (unpaired) electrons. The maximum atomic E-state index is 12.5. The fourth-order valence-corrected chi connectivity index (χ4v) is 2.09. The van der Waals surface area contributed by atoms with Crippen LogP contribution < -0.4 is 5.32 Å². The number of aliphatic hydroxyl groups excluding tert-OH is 1. The zero-order valence-corrected chi connectivity index (χ0v) is 12.4. The van der Waals surface area contributed by atoms with Crippen molar-refractivity contribution in [1.29, 1.82) is 0 Å². The third kappa shape index (κ3) is 2.67. The number of aliphatic hydroxyl groups is 1. The molecule has 0 unspecified atom stereocenters. The molecule has 2 N–H and O–H groups in total. The lowest BCUT2D eigenvalue weighted by Crippen LogP contribution is -2.46. The van der Waals surface area contributed by atoms with Crippen LogP contribution in [0, 0.1) is 6.92 Å². The standard InChI is InChI=1S/C15H21N3O2/c1-5-11-13(14(20)17-15(3,4)9-19)18-8-10(2)6-7-12(18)16-11/h6-8,19H,5,9H2,1-4H3,(H,17,20). The molecule has 20 heavy (non-hydrogen) atoms. The van der Waals surface area contributed by atoms with Gasteiger partial charge in [0.25, 0.3) is 5.91 Å². The molecule has 5 heteroatoms. The van der Waals surface area contributed by atoms with Crippen molar-refractivity contribution >= 4 is 11.6 Å². The second kappa shape index (κ2) is 5.25. The summed E-state index contributed by atoms with van der Waals surface area (Å²) >= 11 is 0. The number of pyridine rings is 1. The van der Waals surface area contributed by atoms with Gasteiger partial charge in [0.2, 0.25) is 0 Å². The number of nitrogens with one attached hydrogen (secondary N) is 1. The van der Waals surface area contributed by atoms with Crippen molar-refractivity contribution in [2.75, 3.05) is 6.61 Å². The average molecular weight is 275 g/mol. The highest BCUT2D eigenvalue weighted by Crippen LogP contribution is 2.16. The predicted molar refractivity (Wildman–Crippen MR) is 77.9 cm³/mol. The van der Waals surface area contributed by atoms with Gasteiger partial charge in [-0.1, -0.05) is 13.0 Å². The van der Waals surface area contributed by atoms with Crippen molar-refractivity contribution in [2.45, 2.75) is 39.7 Å². The molecular weight excluding hydrogens is 254 g/mol. The molecule has 0 aromatic carbocycles. The number of aromatic nitrogens is 2. The Morgan fingerprint density at radius 3 is 2.75 bits per heavy atom. The number of nitrogens with zero attached hydrogens (tertiary/aromatic N) is 2. The van der Waals surface area contributed by atoms with Gasteiger partial charge in [0.1, 0.15) is 11.3 Å². The number of imidazole rings is 1. The summed E-state index contributed by atoms with van der Waals surface area (Å²) in [7, 11) is 0. The third-order valence-corrected chi connectivity index (χ3v) is 3.24. The molecule has 2 rings (SSSR count). The van der Waals surface area contributed by atoms with E-state index >= 15 is 0 Å². The van der Waals surface area contributed by atoms with E-state index < -0.39 is 5.54 Å². The SMILES string of the molecule is CCc1nc2ccc(C)cn2c1C(=O)NC(C)(C)CO. The minimum atomic E-state index is -0.657. The first kappa shape index (κ1) is 14.5. The summed E-state index contributed by atoms with van der Waals surface area (Å²) in [5.74, 6) is -0.209. The van der Waals surface area contributed by atoms with Crippen molar-refractivity contribution < 1.29 is 9.90 Å². The van der Waals surface area contributed by atoms with Crippen molar-refractivity contribution in [3.63, 3.8) is 0 Å². The van der Waals surface area contributed by atoms with E-state index in [1.54, 1.807) is 13.8 Å². The van der Waals surface area contributed by atoms with E-state index in [1.165, 1.54) is 0 Å². The van der Waals surface area contributed by atoms with Gasteiger partial charge in [-0.25, -0.2) is 4.98 Å². The number of rotatable bonds is 4. The Morgan fingerprint density at radius 2 is 2.15 bits per heavy atom. The van der Waals surface area contributed by atoms with Crippen LogP contribution in [-0.4, -0.2) is 32.5 Å². The zero-order valence-electron chi connectivity index (χ0n) is 12.4. The molecule has 2 aromatic heterocycles. The Bertz CT molecular complexity index is 644. The summed E-state index contributed by atoms with van der Waals surface area (Å²) in [5, 5.41) is 12.1. The predicted octanol–water partition coefficient (Wildman–Crippen LogP) is 1.71. The second-order valence-corrected chi connectivity index (χ2v) is 5.69. The van der Waals surface area contributed by atoms with Crippen LogP contribution in [0.4, 0.5) is 0 Å². The quantitative estimate of drug-likeness (QED) is 0.892. The van der Waals surface area contributed by atoms with E-state index in [2.05, 4.69) is 10.3 Å². The Balaban J connectivity index is 2.51. The highest BCUT2D eigenvalue weighted by atomic mass is 16.3. The minimum absolute atomic E-state index is 0.115. The fraction of sp³-hybridized carbons (Fsp3) is 0.467. The molecule has 5 nitrogen and oxygen atoms in total. The van der Waals surface area contributed by atoms with Gasteiger partial charge in [-0.3, -0.25) is 9.20 Å². The van der Waals surface area contributed by atoms with Crippen LogP contribution in [0.5, 0.6) is 0 Å². The molecule has 2 aromatic rings. The molecule has 0 aliphatic carbocycles. The van der Waals surface area contributed by atoms with Gasteiger partial charge in [0, 0.05) is 6.20 Å². The topological polar surface area (TPSA) is 66.6 Å². The van der Waals surface area contributed by atoms with Gasteiger partial charge in [-0.15, -0.1) is 0 Å². The highest BCUT2D eigenvalue weighted by Gasteiger charge is 2.24. The number of carbonyl (C=O) groups is 1. The highest BCUT2D eigenvalue weighted by molar-refractivity contribution is 5.95. The van der Waals surface area contributed by atoms with Gasteiger partial charge >= 0.3 is 0 Å². The summed E-state index contributed by atoms with van der Waals surface area (Å²) in [6.45, 7) is 7.40. The third-order valence-electron chi connectivity index (χ3n) is 3.24. The number of carbonyl (C=O) groups excluding carboxylic acids is 1. The Labute approximate surface area is 118 Å². The Morgan fingerprint density at radius 1 is 1.45 bits per heavy atom. The molecule has 108 valence electrons. The number of hydrogen-bond donors (Lipinski definition) is 2. The number of aryl methyl sites for hydroxylation is 2. The molecule has 0 saturated carbocycles. The van der Waals surface area contributed by atoms with Gasteiger partial charge in [0.15, 0.2) is 0 Å². The van der Waals surface area contributed by atoms with Crippen LogP contribution in [0.2, 0.25) is 0 Å². The van der Waals surface area contributed by atoms with E-state index in [4.69, 9.17) is 0 Å². The molecule has 0 saturated heterocycles. The average Bonchev–Trinajstić information content (AvgIpc) is 2.75. The minimum Gasteiger partial charge on any atom is -0.394 e. The van der Waals surface area contributed by atoms with Crippen LogP contribution in [0.1, 0.15) is 42.5 Å². The molecule has 0 aliphatic heterocycles. The van der Waals surface area contributed by atoms with Crippen molar-refractivity contribution in [1.82, 2.24) is 14.7 Å². The summed E-state index contributed by atoms with van der Waals surface area (Å²) < 4.78 is 1.82. The Kier molecular flexibility index (Phi) is 3.81. The van der Waals surface area contributed by atoms with Gasteiger partial charge < -0.3 is 10.4 Å². The van der Waals surface area contributed by atoms with Crippen LogP contribution in [0.25, 0.3) is 5.65 Å². The number of amides is 1. The monoisotopic (exact) mass is 275 g/mol. The maximum absolute atomic E-state index is 12.5. The largest absolute Gasteiger partial charge is 0.394 e. The van der Waals surface area contributed by atoms with E-state index in [1.807, 2.05) is 36.6 Å². The summed E-state index contributed by atoms with van der Waals surface area (Å²) in [4.78, 5) is 17.0. The van der Waals surface area contributed by atoms with Crippen LogP contribution in [-0.2, 0) is 6.42 Å². The van der Waals surface area contributed by atoms with E-state index in [0.29, 0.717) is 12.1 Å². The van der Waals surface area contributed by atoms with Gasteiger partial charge in [-0.2, -0.15) is 0 Å².